The lowest BCUT2D eigenvalue weighted by atomic mass is 10.2. The van der Waals surface area contributed by atoms with Crippen LogP contribution in [0.1, 0.15) is 17.0 Å². The Hall–Kier alpha value is -1.84. The first-order valence-electron chi connectivity index (χ1n) is 6.17. The van der Waals surface area contributed by atoms with Crippen LogP contribution < -0.4 is 0 Å². The van der Waals surface area contributed by atoms with Crippen LogP contribution in [0, 0.1) is 25.2 Å². The van der Waals surface area contributed by atoms with Gasteiger partial charge in [-0.15, -0.1) is 0 Å². The zero-order chi connectivity index (χ0) is 15.6. The van der Waals surface area contributed by atoms with Crippen LogP contribution in [0.25, 0.3) is 0 Å². The number of nitrogens with zero attached hydrogens (tertiary/aromatic N) is 2. The van der Waals surface area contributed by atoms with Gasteiger partial charge >= 0.3 is 0 Å². The first-order valence-corrected chi connectivity index (χ1v) is 8.88. The van der Waals surface area contributed by atoms with Crippen molar-refractivity contribution in [3.05, 3.63) is 47.3 Å². The Morgan fingerprint density at radius 1 is 1.19 bits per heavy atom. The average molecular weight is 318 g/mol. The highest BCUT2D eigenvalue weighted by atomic mass is 32.2. The molecule has 2 aromatic rings. The van der Waals surface area contributed by atoms with E-state index in [1.165, 1.54) is 18.0 Å². The molecular weight excluding hydrogens is 304 g/mol. The molecule has 0 unspecified atom stereocenters. The van der Waals surface area contributed by atoms with Crippen molar-refractivity contribution in [3.8, 4) is 6.07 Å². The van der Waals surface area contributed by atoms with Gasteiger partial charge < -0.3 is 0 Å². The highest BCUT2D eigenvalue weighted by Gasteiger charge is 2.11. The number of hydrogen-bond donors (Lipinski definition) is 0. The third kappa shape index (κ3) is 3.63. The summed E-state index contributed by atoms with van der Waals surface area (Å²) in [6.45, 7) is 3.69. The van der Waals surface area contributed by atoms with Crippen molar-refractivity contribution < 1.29 is 8.42 Å². The van der Waals surface area contributed by atoms with Gasteiger partial charge in [-0.05, 0) is 44.2 Å². The molecule has 1 aromatic carbocycles. The lowest BCUT2D eigenvalue weighted by molar-refractivity contribution is 0.602. The topological polar surface area (TPSA) is 70.8 Å². The Bertz CT molecular complexity index is 820. The fourth-order valence-electron chi connectivity index (χ4n) is 1.89. The molecule has 108 valence electrons. The monoisotopic (exact) mass is 318 g/mol. The minimum Gasteiger partial charge on any atom is -0.257 e. The molecule has 0 N–H and O–H groups in total. The van der Waals surface area contributed by atoms with Crippen molar-refractivity contribution in [1.29, 1.82) is 5.26 Å². The number of aryl methyl sites for hydroxylation is 2. The van der Waals surface area contributed by atoms with Gasteiger partial charge in [-0.25, -0.2) is 8.42 Å². The molecule has 0 fully saturated rings. The Kier molecular flexibility index (Phi) is 4.35. The Morgan fingerprint density at radius 3 is 2.33 bits per heavy atom. The van der Waals surface area contributed by atoms with E-state index in [0.717, 1.165) is 15.5 Å². The maximum absolute atomic E-state index is 11.4. The van der Waals surface area contributed by atoms with E-state index in [9.17, 15) is 13.7 Å². The Balaban J connectivity index is 2.37. The number of hydrogen-bond acceptors (Lipinski definition) is 5. The van der Waals surface area contributed by atoms with Gasteiger partial charge in [0.1, 0.15) is 6.07 Å². The number of nitriles is 1. The second kappa shape index (κ2) is 5.88. The molecule has 0 spiro atoms. The number of pyridine rings is 1. The summed E-state index contributed by atoms with van der Waals surface area (Å²) in [5.41, 5.74) is 2.10. The standard InChI is InChI=1S/C15H14N2O2S2/c1-10-8-15(14(9-16)11(2)17-10)20-12-4-6-13(7-5-12)21(3,18)19/h4-8H,1-3H3. The molecule has 0 aliphatic carbocycles. The minimum atomic E-state index is -3.19. The second-order valence-electron chi connectivity index (χ2n) is 4.68. The third-order valence-electron chi connectivity index (χ3n) is 2.88. The van der Waals surface area contributed by atoms with E-state index in [2.05, 4.69) is 11.1 Å². The number of benzene rings is 1. The SMILES string of the molecule is Cc1cc(Sc2ccc(S(C)(=O)=O)cc2)c(C#N)c(C)n1. The zero-order valence-corrected chi connectivity index (χ0v) is 13.5. The van der Waals surface area contributed by atoms with Crippen LogP contribution >= 0.6 is 11.8 Å². The first kappa shape index (κ1) is 15.5. The lowest BCUT2D eigenvalue weighted by Gasteiger charge is -2.08. The van der Waals surface area contributed by atoms with Crippen LogP contribution in [0.3, 0.4) is 0 Å². The normalized spacial score (nSPS) is 11.1. The molecule has 6 heteroatoms. The van der Waals surface area contributed by atoms with Gasteiger partial charge in [0.05, 0.1) is 16.2 Å². The van der Waals surface area contributed by atoms with Crippen molar-refractivity contribution in [2.24, 2.45) is 0 Å². The van der Waals surface area contributed by atoms with Gasteiger partial charge in [0.2, 0.25) is 0 Å². The first-order chi connectivity index (χ1) is 9.81. The number of rotatable bonds is 3. The summed E-state index contributed by atoms with van der Waals surface area (Å²) in [6, 6.07) is 10.7. The van der Waals surface area contributed by atoms with Crippen molar-refractivity contribution in [2.75, 3.05) is 6.26 Å². The smallest absolute Gasteiger partial charge is 0.175 e. The molecule has 4 nitrogen and oxygen atoms in total. The fraction of sp³-hybridized carbons (Fsp3) is 0.200. The molecule has 0 saturated carbocycles. The second-order valence-corrected chi connectivity index (χ2v) is 7.81. The maximum atomic E-state index is 11.4. The molecule has 0 aliphatic heterocycles. The highest BCUT2D eigenvalue weighted by Crippen LogP contribution is 2.32. The van der Waals surface area contributed by atoms with E-state index < -0.39 is 9.84 Å². The Morgan fingerprint density at radius 2 is 1.81 bits per heavy atom. The van der Waals surface area contributed by atoms with Gasteiger partial charge in [0.15, 0.2) is 9.84 Å². The van der Waals surface area contributed by atoms with Crippen molar-refractivity contribution >= 4 is 21.6 Å². The molecule has 0 saturated heterocycles. The number of aromatic nitrogens is 1. The van der Waals surface area contributed by atoms with Crippen molar-refractivity contribution in [1.82, 2.24) is 4.98 Å². The van der Waals surface area contributed by atoms with Crippen LogP contribution in [0.2, 0.25) is 0 Å². The molecule has 1 heterocycles. The predicted octanol–water partition coefficient (Wildman–Crippen LogP) is 3.12. The van der Waals surface area contributed by atoms with Gasteiger partial charge in [0, 0.05) is 21.7 Å². The Labute approximate surface area is 128 Å². The van der Waals surface area contributed by atoms with Gasteiger partial charge in [-0.1, -0.05) is 11.8 Å². The van der Waals surface area contributed by atoms with E-state index in [1.807, 2.05) is 19.9 Å². The van der Waals surface area contributed by atoms with E-state index in [0.29, 0.717) is 11.3 Å². The molecular formula is C15H14N2O2S2. The van der Waals surface area contributed by atoms with E-state index in [1.54, 1.807) is 24.3 Å². The molecule has 0 aliphatic rings. The van der Waals surface area contributed by atoms with E-state index >= 15 is 0 Å². The van der Waals surface area contributed by atoms with E-state index in [-0.39, 0.29) is 4.90 Å². The average Bonchev–Trinajstić information content (AvgIpc) is 2.38. The molecule has 0 radical (unpaired) electrons. The van der Waals surface area contributed by atoms with Crippen molar-refractivity contribution in [3.63, 3.8) is 0 Å². The summed E-state index contributed by atoms with van der Waals surface area (Å²) in [5.74, 6) is 0. The summed E-state index contributed by atoms with van der Waals surface area (Å²) < 4.78 is 22.9. The summed E-state index contributed by atoms with van der Waals surface area (Å²) in [5, 5.41) is 9.24. The van der Waals surface area contributed by atoms with Crippen molar-refractivity contribution in [2.45, 2.75) is 28.5 Å². The zero-order valence-electron chi connectivity index (χ0n) is 11.9. The van der Waals surface area contributed by atoms with Gasteiger partial charge in [-0.3, -0.25) is 4.98 Å². The number of sulfone groups is 1. The lowest BCUT2D eigenvalue weighted by Crippen LogP contribution is -1.96. The molecule has 21 heavy (non-hydrogen) atoms. The van der Waals surface area contributed by atoms with Crippen LogP contribution in [0.15, 0.2) is 45.0 Å². The third-order valence-corrected chi connectivity index (χ3v) is 5.06. The molecule has 2 rings (SSSR count). The minimum absolute atomic E-state index is 0.287. The van der Waals surface area contributed by atoms with Crippen LogP contribution in [0.4, 0.5) is 0 Å². The maximum Gasteiger partial charge on any atom is 0.175 e. The van der Waals surface area contributed by atoms with Gasteiger partial charge in [-0.2, -0.15) is 5.26 Å². The summed E-state index contributed by atoms with van der Waals surface area (Å²) in [6.07, 6.45) is 1.18. The van der Waals surface area contributed by atoms with Gasteiger partial charge in [0.25, 0.3) is 0 Å². The van der Waals surface area contributed by atoms with Crippen LogP contribution in [-0.4, -0.2) is 19.7 Å². The van der Waals surface area contributed by atoms with Crippen LogP contribution in [0.5, 0.6) is 0 Å². The predicted molar refractivity (Wildman–Crippen MR) is 82.1 cm³/mol. The quantitative estimate of drug-likeness (QED) is 0.869. The largest absolute Gasteiger partial charge is 0.257 e. The summed E-state index contributed by atoms with van der Waals surface area (Å²) in [4.78, 5) is 6.27. The van der Waals surface area contributed by atoms with Crippen LogP contribution in [-0.2, 0) is 9.84 Å². The highest BCUT2D eigenvalue weighted by molar-refractivity contribution is 7.99. The summed E-state index contributed by atoms with van der Waals surface area (Å²) in [7, 11) is -3.19. The molecule has 0 atom stereocenters. The molecule has 0 bridgehead atoms. The fourth-order valence-corrected chi connectivity index (χ4v) is 3.57. The van der Waals surface area contributed by atoms with E-state index in [4.69, 9.17) is 0 Å². The summed E-state index contributed by atoms with van der Waals surface area (Å²) >= 11 is 1.43. The molecule has 0 amide bonds. The molecule has 1 aromatic heterocycles.